The van der Waals surface area contributed by atoms with E-state index in [9.17, 15) is 0 Å². The summed E-state index contributed by atoms with van der Waals surface area (Å²) in [4.78, 5) is 0.704. The van der Waals surface area contributed by atoms with Crippen molar-refractivity contribution in [1.82, 2.24) is 0 Å². The average molecular weight is 327 g/mol. The molecule has 0 saturated heterocycles. The van der Waals surface area contributed by atoms with E-state index < -0.39 is 0 Å². The van der Waals surface area contributed by atoms with Crippen molar-refractivity contribution in [3.63, 3.8) is 0 Å². The molecule has 0 N–H and O–H groups in total. The molecule has 2 aliphatic carbocycles. The maximum Gasteiger partial charge on any atom is 0.0214 e. The first-order valence-corrected chi connectivity index (χ1v) is 9.34. The Bertz CT molecular complexity index is 359. The third kappa shape index (κ3) is 3.01. The van der Waals surface area contributed by atoms with Gasteiger partial charge in [-0.05, 0) is 65.8 Å². The molecule has 2 aliphatic rings. The Hall–Kier alpha value is 0.180. The van der Waals surface area contributed by atoms with Gasteiger partial charge in [-0.1, -0.05) is 41.6 Å². The number of fused-ring (bicyclic) bond motifs is 1. The molecule has 2 heteroatoms. The summed E-state index contributed by atoms with van der Waals surface area (Å²) < 4.78 is 0. The average Bonchev–Trinajstić information content (AvgIpc) is 2.91. The van der Waals surface area contributed by atoms with Crippen LogP contribution in [0.25, 0.3) is 0 Å². The molecular weight excluding hydrogens is 304 g/mol. The van der Waals surface area contributed by atoms with E-state index in [0.717, 1.165) is 17.8 Å². The second-order valence-corrected chi connectivity index (χ2v) is 8.19. The van der Waals surface area contributed by atoms with Gasteiger partial charge in [0, 0.05) is 4.83 Å². The number of alkyl halides is 1. The fourth-order valence-electron chi connectivity index (χ4n) is 4.04. The van der Waals surface area contributed by atoms with Gasteiger partial charge in [0.25, 0.3) is 0 Å². The summed E-state index contributed by atoms with van der Waals surface area (Å²) in [5, 5.41) is 4.51. The quantitative estimate of drug-likeness (QED) is 0.628. The highest BCUT2D eigenvalue weighted by molar-refractivity contribution is 9.09. The Morgan fingerprint density at radius 2 is 2.00 bits per heavy atom. The third-order valence-electron chi connectivity index (χ3n) is 5.10. The SMILES string of the molecule is BrC(Cc1ccsc1)C1CCC2CCCCC2C1. The molecule has 0 bridgehead atoms. The summed E-state index contributed by atoms with van der Waals surface area (Å²) in [7, 11) is 0. The molecule has 100 valence electrons. The van der Waals surface area contributed by atoms with Gasteiger partial charge in [-0.3, -0.25) is 0 Å². The van der Waals surface area contributed by atoms with Gasteiger partial charge >= 0.3 is 0 Å². The van der Waals surface area contributed by atoms with Crippen LogP contribution >= 0.6 is 27.3 Å². The van der Waals surface area contributed by atoms with Gasteiger partial charge < -0.3 is 0 Å². The minimum Gasteiger partial charge on any atom is -0.152 e. The van der Waals surface area contributed by atoms with Crippen LogP contribution in [0, 0.1) is 17.8 Å². The molecule has 2 fully saturated rings. The number of rotatable bonds is 3. The van der Waals surface area contributed by atoms with Crippen molar-refractivity contribution in [1.29, 1.82) is 0 Å². The lowest BCUT2D eigenvalue weighted by atomic mass is 9.66. The van der Waals surface area contributed by atoms with Crippen LogP contribution in [0.2, 0.25) is 0 Å². The van der Waals surface area contributed by atoms with E-state index in [1.54, 1.807) is 0 Å². The lowest BCUT2D eigenvalue weighted by molar-refractivity contribution is 0.129. The topological polar surface area (TPSA) is 0 Å². The summed E-state index contributed by atoms with van der Waals surface area (Å²) in [5.74, 6) is 3.06. The number of hydrogen-bond acceptors (Lipinski definition) is 1. The van der Waals surface area contributed by atoms with Crippen LogP contribution in [-0.2, 0) is 6.42 Å². The van der Waals surface area contributed by atoms with Gasteiger partial charge in [0.05, 0.1) is 0 Å². The molecule has 18 heavy (non-hydrogen) atoms. The van der Waals surface area contributed by atoms with Crippen molar-refractivity contribution in [2.45, 2.75) is 56.2 Å². The predicted octanol–water partition coefficient (Wildman–Crippen LogP) is 5.66. The molecule has 4 atom stereocenters. The predicted molar refractivity (Wildman–Crippen MR) is 83.5 cm³/mol. The summed E-state index contributed by atoms with van der Waals surface area (Å²) in [6.45, 7) is 0. The second kappa shape index (κ2) is 6.09. The third-order valence-corrected chi connectivity index (χ3v) is 6.91. The van der Waals surface area contributed by atoms with Crippen LogP contribution in [0.1, 0.15) is 50.5 Å². The smallest absolute Gasteiger partial charge is 0.0214 e. The first kappa shape index (κ1) is 13.2. The number of thiophene rings is 1. The van der Waals surface area contributed by atoms with Crippen molar-refractivity contribution in [2.24, 2.45) is 17.8 Å². The molecule has 0 spiro atoms. The first-order valence-electron chi connectivity index (χ1n) is 7.48. The molecule has 0 aliphatic heterocycles. The van der Waals surface area contributed by atoms with Crippen molar-refractivity contribution in [3.05, 3.63) is 22.4 Å². The first-order chi connectivity index (χ1) is 8.83. The Balaban J connectivity index is 1.56. The van der Waals surface area contributed by atoms with E-state index in [1.165, 1.54) is 56.9 Å². The van der Waals surface area contributed by atoms with Crippen LogP contribution in [0.4, 0.5) is 0 Å². The van der Waals surface area contributed by atoms with Crippen molar-refractivity contribution in [2.75, 3.05) is 0 Å². The van der Waals surface area contributed by atoms with Crippen molar-refractivity contribution in [3.8, 4) is 0 Å². The highest BCUT2D eigenvalue weighted by atomic mass is 79.9. The van der Waals surface area contributed by atoms with Gasteiger partial charge in [-0.25, -0.2) is 0 Å². The number of hydrogen-bond donors (Lipinski definition) is 0. The summed E-state index contributed by atoms with van der Waals surface area (Å²) in [6, 6.07) is 2.28. The highest BCUT2D eigenvalue weighted by Gasteiger charge is 2.34. The van der Waals surface area contributed by atoms with Crippen LogP contribution in [0.5, 0.6) is 0 Å². The molecular formula is C16H23BrS. The molecule has 1 aromatic rings. The molecule has 0 aromatic carbocycles. The molecule has 0 radical (unpaired) electrons. The van der Waals surface area contributed by atoms with E-state index >= 15 is 0 Å². The minimum absolute atomic E-state index is 0.704. The molecule has 1 heterocycles. The lowest BCUT2D eigenvalue weighted by Gasteiger charge is -2.40. The second-order valence-electron chi connectivity index (χ2n) is 6.23. The van der Waals surface area contributed by atoms with Crippen LogP contribution in [-0.4, -0.2) is 4.83 Å². The molecule has 4 unspecified atom stereocenters. The van der Waals surface area contributed by atoms with Crippen LogP contribution < -0.4 is 0 Å². The van der Waals surface area contributed by atoms with Crippen molar-refractivity contribution < 1.29 is 0 Å². The van der Waals surface area contributed by atoms with Crippen molar-refractivity contribution >= 4 is 27.3 Å². The van der Waals surface area contributed by atoms with Gasteiger partial charge in [-0.15, -0.1) is 0 Å². The molecule has 0 nitrogen and oxygen atoms in total. The Labute approximate surface area is 123 Å². The Morgan fingerprint density at radius 1 is 1.17 bits per heavy atom. The summed E-state index contributed by atoms with van der Waals surface area (Å²) in [6.07, 6.45) is 11.7. The maximum absolute atomic E-state index is 3.98. The molecule has 3 rings (SSSR count). The van der Waals surface area contributed by atoms with Gasteiger partial charge in [0.1, 0.15) is 0 Å². The summed E-state index contributed by atoms with van der Waals surface area (Å²) in [5.41, 5.74) is 1.52. The Morgan fingerprint density at radius 3 is 2.78 bits per heavy atom. The standard InChI is InChI=1S/C16H23BrS/c17-16(9-12-7-8-18-11-12)15-6-5-13-3-1-2-4-14(13)10-15/h7-8,11,13-16H,1-6,9-10H2. The van der Waals surface area contributed by atoms with E-state index in [0.29, 0.717) is 4.83 Å². The van der Waals surface area contributed by atoms with Gasteiger partial charge in [0.2, 0.25) is 0 Å². The monoisotopic (exact) mass is 326 g/mol. The summed E-state index contributed by atoms with van der Waals surface area (Å²) >= 11 is 5.81. The van der Waals surface area contributed by atoms with E-state index in [-0.39, 0.29) is 0 Å². The normalized spacial score (nSPS) is 33.9. The zero-order valence-electron chi connectivity index (χ0n) is 11.0. The molecule has 2 saturated carbocycles. The van der Waals surface area contributed by atoms with E-state index in [2.05, 4.69) is 32.8 Å². The minimum atomic E-state index is 0.704. The fourth-order valence-corrected chi connectivity index (χ4v) is 5.57. The molecule has 0 amide bonds. The molecule has 1 aromatic heterocycles. The van der Waals surface area contributed by atoms with E-state index in [4.69, 9.17) is 0 Å². The largest absolute Gasteiger partial charge is 0.152 e. The van der Waals surface area contributed by atoms with Gasteiger partial charge in [0.15, 0.2) is 0 Å². The zero-order valence-corrected chi connectivity index (χ0v) is 13.4. The fraction of sp³-hybridized carbons (Fsp3) is 0.750. The lowest BCUT2D eigenvalue weighted by Crippen LogP contribution is -2.31. The number of halogens is 1. The van der Waals surface area contributed by atoms with Crippen LogP contribution in [0.15, 0.2) is 16.8 Å². The van der Waals surface area contributed by atoms with Crippen LogP contribution in [0.3, 0.4) is 0 Å². The maximum atomic E-state index is 3.98. The highest BCUT2D eigenvalue weighted by Crippen LogP contribution is 2.45. The van der Waals surface area contributed by atoms with E-state index in [1.807, 2.05) is 11.3 Å². The zero-order chi connectivity index (χ0) is 12.4. The van der Waals surface area contributed by atoms with Gasteiger partial charge in [-0.2, -0.15) is 11.3 Å². The Kier molecular flexibility index (Phi) is 4.46.